The number of halogens is 1. The molecular weight excluding hydrogens is 356 g/mol. The molecule has 0 saturated carbocycles. The summed E-state index contributed by atoms with van der Waals surface area (Å²) in [6.45, 7) is 1.91. The van der Waals surface area contributed by atoms with Crippen molar-refractivity contribution in [1.29, 1.82) is 0 Å². The largest absolute Gasteiger partial charge is 0.326 e. The number of aromatic nitrogens is 3. The van der Waals surface area contributed by atoms with E-state index in [1.165, 1.54) is 0 Å². The number of hydrogen-bond donors (Lipinski definition) is 3. The van der Waals surface area contributed by atoms with Crippen molar-refractivity contribution in [3.8, 4) is 0 Å². The predicted octanol–water partition coefficient (Wildman–Crippen LogP) is 1.76. The van der Waals surface area contributed by atoms with Crippen molar-refractivity contribution >= 4 is 35.6 Å². The van der Waals surface area contributed by atoms with Gasteiger partial charge in [0.05, 0.1) is 12.2 Å². The van der Waals surface area contributed by atoms with Gasteiger partial charge in [0.1, 0.15) is 0 Å². The second-order valence-corrected chi connectivity index (χ2v) is 6.44. The molecule has 1 saturated heterocycles. The molecule has 1 aromatic carbocycles. The number of carbonyl (C=O) groups excluding carboxylic acids is 2. The Labute approximate surface area is 157 Å². The van der Waals surface area contributed by atoms with E-state index in [4.69, 9.17) is 0 Å². The van der Waals surface area contributed by atoms with E-state index in [0.29, 0.717) is 30.3 Å². The third-order valence-electron chi connectivity index (χ3n) is 4.68. The number of benzene rings is 1. The fraction of sp³-hybridized carbons (Fsp3) is 0.412. The summed E-state index contributed by atoms with van der Waals surface area (Å²) in [5.74, 6) is -0.251. The highest BCUT2D eigenvalue weighted by Crippen LogP contribution is 2.26. The number of nitrogens with zero attached hydrogens (tertiary/aromatic N) is 3. The number of aryl methyl sites for hydroxylation is 1. The normalized spacial score (nSPS) is 17.0. The lowest BCUT2D eigenvalue weighted by Gasteiger charge is -2.22. The van der Waals surface area contributed by atoms with Gasteiger partial charge in [0.25, 0.3) is 5.91 Å². The summed E-state index contributed by atoms with van der Waals surface area (Å²) in [6.07, 6.45) is 4.83. The van der Waals surface area contributed by atoms with Gasteiger partial charge in [-0.3, -0.25) is 9.59 Å². The molecule has 2 aliphatic heterocycles. The molecule has 0 bridgehead atoms. The van der Waals surface area contributed by atoms with Gasteiger partial charge in [-0.05, 0) is 56.1 Å². The second-order valence-electron chi connectivity index (χ2n) is 6.44. The molecule has 2 amide bonds. The van der Waals surface area contributed by atoms with Crippen LogP contribution in [0.3, 0.4) is 0 Å². The standard InChI is InChI=1S/C17H20N6O2.ClH/c24-16-4-1-11-9-12(2-3-14(11)20-16)19-17(25)15-10-23(22-21-15)13-5-7-18-8-6-13;/h2-3,9-10,13,18H,1,4-8H2,(H,19,25)(H,20,24);1H. The molecule has 0 atom stereocenters. The number of fused-ring (bicyclic) bond motifs is 1. The molecule has 0 aliphatic carbocycles. The molecule has 8 nitrogen and oxygen atoms in total. The third-order valence-corrected chi connectivity index (χ3v) is 4.68. The molecule has 0 unspecified atom stereocenters. The first-order valence-corrected chi connectivity index (χ1v) is 8.56. The minimum atomic E-state index is -0.278. The van der Waals surface area contributed by atoms with Crippen molar-refractivity contribution in [1.82, 2.24) is 20.3 Å². The Balaban J connectivity index is 0.00000196. The van der Waals surface area contributed by atoms with Crippen molar-refractivity contribution in [3.05, 3.63) is 35.7 Å². The lowest BCUT2D eigenvalue weighted by molar-refractivity contribution is -0.116. The minimum absolute atomic E-state index is 0. The minimum Gasteiger partial charge on any atom is -0.326 e. The Hall–Kier alpha value is -2.45. The van der Waals surface area contributed by atoms with Crippen LogP contribution in [0.25, 0.3) is 0 Å². The van der Waals surface area contributed by atoms with Gasteiger partial charge in [0.15, 0.2) is 5.69 Å². The molecule has 3 N–H and O–H groups in total. The van der Waals surface area contributed by atoms with Crippen LogP contribution in [0.2, 0.25) is 0 Å². The Bertz CT molecular complexity index is 815. The van der Waals surface area contributed by atoms with Crippen molar-refractivity contribution in [2.24, 2.45) is 0 Å². The first kappa shape index (κ1) is 18.3. The number of carbonyl (C=O) groups is 2. The topological polar surface area (TPSA) is 101 Å². The SMILES string of the molecule is Cl.O=C1CCc2cc(NC(=O)c3cn(C4CCNCC4)nn3)ccc2N1. The van der Waals surface area contributed by atoms with Gasteiger partial charge in [-0.2, -0.15) is 0 Å². The zero-order valence-corrected chi connectivity index (χ0v) is 15.0. The van der Waals surface area contributed by atoms with Gasteiger partial charge in [-0.15, -0.1) is 17.5 Å². The van der Waals surface area contributed by atoms with Gasteiger partial charge >= 0.3 is 0 Å². The van der Waals surface area contributed by atoms with Crippen LogP contribution in [0.5, 0.6) is 0 Å². The summed E-state index contributed by atoms with van der Waals surface area (Å²) < 4.78 is 1.79. The maximum atomic E-state index is 12.4. The number of rotatable bonds is 3. The molecule has 9 heteroatoms. The maximum Gasteiger partial charge on any atom is 0.277 e. The number of hydrogen-bond acceptors (Lipinski definition) is 5. The molecule has 1 aromatic heterocycles. The highest BCUT2D eigenvalue weighted by atomic mass is 35.5. The van der Waals surface area contributed by atoms with Gasteiger partial charge in [0, 0.05) is 17.8 Å². The number of piperidine rings is 1. The number of amides is 2. The fourth-order valence-electron chi connectivity index (χ4n) is 3.29. The van der Waals surface area contributed by atoms with E-state index in [2.05, 4.69) is 26.3 Å². The molecule has 0 radical (unpaired) electrons. The molecule has 26 heavy (non-hydrogen) atoms. The lowest BCUT2D eigenvalue weighted by atomic mass is 10.0. The summed E-state index contributed by atoms with van der Waals surface area (Å²) in [7, 11) is 0. The average Bonchev–Trinajstić information content (AvgIpc) is 3.13. The van der Waals surface area contributed by atoms with Crippen LogP contribution in [0, 0.1) is 0 Å². The number of nitrogens with one attached hydrogen (secondary N) is 3. The average molecular weight is 377 g/mol. The van der Waals surface area contributed by atoms with Crippen LogP contribution in [-0.4, -0.2) is 39.9 Å². The monoisotopic (exact) mass is 376 g/mol. The maximum absolute atomic E-state index is 12.4. The second kappa shape index (κ2) is 7.84. The van der Waals surface area contributed by atoms with Crippen molar-refractivity contribution in [2.45, 2.75) is 31.7 Å². The molecule has 4 rings (SSSR count). The molecule has 2 aromatic rings. The third kappa shape index (κ3) is 3.86. The van der Waals surface area contributed by atoms with E-state index in [0.717, 1.165) is 37.2 Å². The van der Waals surface area contributed by atoms with Crippen LogP contribution in [-0.2, 0) is 11.2 Å². The highest BCUT2D eigenvalue weighted by Gasteiger charge is 2.19. The first-order chi connectivity index (χ1) is 12.2. The molecular formula is C17H21ClN6O2. The number of anilines is 2. The van der Waals surface area contributed by atoms with Crippen LogP contribution in [0.1, 0.15) is 41.4 Å². The molecule has 2 aliphatic rings. The first-order valence-electron chi connectivity index (χ1n) is 8.56. The highest BCUT2D eigenvalue weighted by molar-refractivity contribution is 6.03. The van der Waals surface area contributed by atoms with Gasteiger partial charge in [0.2, 0.25) is 5.91 Å². The zero-order valence-electron chi connectivity index (χ0n) is 14.2. The van der Waals surface area contributed by atoms with E-state index in [9.17, 15) is 9.59 Å². The quantitative estimate of drug-likeness (QED) is 0.757. The van der Waals surface area contributed by atoms with Crippen LogP contribution < -0.4 is 16.0 Å². The molecule has 3 heterocycles. The summed E-state index contributed by atoms with van der Waals surface area (Å²) in [5, 5.41) is 17.1. The predicted molar refractivity (Wildman–Crippen MR) is 99.8 cm³/mol. The molecule has 138 valence electrons. The summed E-state index contributed by atoms with van der Waals surface area (Å²) in [6, 6.07) is 5.78. The van der Waals surface area contributed by atoms with E-state index >= 15 is 0 Å². The fourth-order valence-corrected chi connectivity index (χ4v) is 3.29. The van der Waals surface area contributed by atoms with E-state index < -0.39 is 0 Å². The Morgan fingerprint density at radius 3 is 2.85 bits per heavy atom. The van der Waals surface area contributed by atoms with Gasteiger partial charge < -0.3 is 16.0 Å². The van der Waals surface area contributed by atoms with E-state index in [1.807, 2.05) is 12.1 Å². The molecule has 0 spiro atoms. The Morgan fingerprint density at radius 1 is 1.23 bits per heavy atom. The van der Waals surface area contributed by atoms with E-state index in [-0.39, 0.29) is 24.2 Å². The van der Waals surface area contributed by atoms with Crippen LogP contribution in [0.15, 0.2) is 24.4 Å². The zero-order chi connectivity index (χ0) is 17.2. The Kier molecular flexibility index (Phi) is 5.53. The molecule has 1 fully saturated rings. The van der Waals surface area contributed by atoms with Crippen LogP contribution in [0.4, 0.5) is 11.4 Å². The van der Waals surface area contributed by atoms with E-state index in [1.54, 1.807) is 16.9 Å². The smallest absolute Gasteiger partial charge is 0.277 e. The van der Waals surface area contributed by atoms with Crippen molar-refractivity contribution < 1.29 is 9.59 Å². The van der Waals surface area contributed by atoms with Gasteiger partial charge in [-0.25, -0.2) is 4.68 Å². The lowest BCUT2D eigenvalue weighted by Crippen LogP contribution is -2.29. The van der Waals surface area contributed by atoms with Crippen molar-refractivity contribution in [2.75, 3.05) is 23.7 Å². The van der Waals surface area contributed by atoms with Crippen molar-refractivity contribution in [3.63, 3.8) is 0 Å². The summed E-state index contributed by atoms with van der Waals surface area (Å²) in [5.41, 5.74) is 2.84. The van der Waals surface area contributed by atoms with Crippen LogP contribution >= 0.6 is 12.4 Å². The summed E-state index contributed by atoms with van der Waals surface area (Å²) >= 11 is 0. The Morgan fingerprint density at radius 2 is 2.04 bits per heavy atom. The van der Waals surface area contributed by atoms with Gasteiger partial charge in [-0.1, -0.05) is 5.21 Å². The summed E-state index contributed by atoms with van der Waals surface area (Å²) in [4.78, 5) is 23.8.